The van der Waals surface area contributed by atoms with E-state index in [1.165, 1.54) is 0 Å². The molecule has 18 heavy (non-hydrogen) atoms. The molecule has 4 nitrogen and oxygen atoms in total. The molecule has 1 aromatic carbocycles. The average molecular weight is 246 g/mol. The minimum atomic E-state index is 0.216. The molecule has 0 spiro atoms. The smallest absolute Gasteiger partial charge is 0.231 e. The highest BCUT2D eigenvalue weighted by molar-refractivity contribution is 6.01. The van der Waals surface area contributed by atoms with Crippen LogP contribution in [-0.2, 0) is 16.0 Å². The van der Waals surface area contributed by atoms with Crippen LogP contribution >= 0.6 is 0 Å². The van der Waals surface area contributed by atoms with E-state index in [9.17, 15) is 4.79 Å². The molecule has 1 unspecified atom stereocenters. The minimum absolute atomic E-state index is 0.216. The van der Waals surface area contributed by atoms with Crippen molar-refractivity contribution in [1.29, 1.82) is 0 Å². The molecule has 4 heteroatoms. The number of para-hydroxylation sites is 1. The summed E-state index contributed by atoms with van der Waals surface area (Å²) >= 11 is 0. The van der Waals surface area contributed by atoms with Crippen molar-refractivity contribution in [2.45, 2.75) is 18.9 Å². The number of nitrogens with zero attached hydrogens (tertiary/aromatic N) is 1. The van der Waals surface area contributed by atoms with Crippen molar-refractivity contribution in [2.24, 2.45) is 0 Å². The summed E-state index contributed by atoms with van der Waals surface area (Å²) in [6, 6.07) is 8.43. The number of rotatable bonds is 3. The van der Waals surface area contributed by atoms with E-state index in [-0.39, 0.29) is 5.91 Å². The Morgan fingerprint density at radius 1 is 1.39 bits per heavy atom. The highest BCUT2D eigenvalue weighted by atomic mass is 16.5. The molecule has 0 saturated carbocycles. The average Bonchev–Trinajstić information content (AvgIpc) is 2.73. The largest absolute Gasteiger partial charge is 0.379 e. The first kappa shape index (κ1) is 11.7. The fourth-order valence-electron chi connectivity index (χ4n) is 2.65. The van der Waals surface area contributed by atoms with Crippen LogP contribution in [0.3, 0.4) is 0 Å². The van der Waals surface area contributed by atoms with E-state index in [4.69, 9.17) is 4.74 Å². The van der Waals surface area contributed by atoms with Gasteiger partial charge in [-0.25, -0.2) is 0 Å². The molecule has 2 aliphatic heterocycles. The van der Waals surface area contributed by atoms with Crippen molar-refractivity contribution in [2.75, 3.05) is 31.2 Å². The molecule has 3 rings (SSSR count). The van der Waals surface area contributed by atoms with Crippen LogP contribution in [0.25, 0.3) is 0 Å². The zero-order valence-electron chi connectivity index (χ0n) is 10.4. The molecule has 0 aliphatic carbocycles. The maximum absolute atomic E-state index is 12.0. The number of nitrogens with one attached hydrogen (secondary N) is 1. The first-order valence-corrected chi connectivity index (χ1v) is 6.54. The fourth-order valence-corrected chi connectivity index (χ4v) is 2.65. The van der Waals surface area contributed by atoms with Gasteiger partial charge in [-0.2, -0.15) is 0 Å². The Hall–Kier alpha value is -1.39. The van der Waals surface area contributed by atoms with Crippen LogP contribution in [-0.4, -0.2) is 38.3 Å². The number of hydrogen-bond acceptors (Lipinski definition) is 3. The lowest BCUT2D eigenvalue weighted by Crippen LogP contribution is -2.43. The first-order chi connectivity index (χ1) is 8.84. The van der Waals surface area contributed by atoms with E-state index in [1.807, 2.05) is 29.2 Å². The molecule has 1 atom stereocenters. The predicted molar refractivity (Wildman–Crippen MR) is 69.7 cm³/mol. The standard InChI is InChI=1S/C14H18N2O2/c17-14-9-11-3-1-2-4-13(11)16(14)7-5-12-10-18-8-6-15-12/h1-4,12,15H,5-10H2. The fraction of sp³-hybridized carbons (Fsp3) is 0.500. The van der Waals surface area contributed by atoms with Crippen molar-refractivity contribution in [3.8, 4) is 0 Å². The van der Waals surface area contributed by atoms with Gasteiger partial charge >= 0.3 is 0 Å². The van der Waals surface area contributed by atoms with E-state index >= 15 is 0 Å². The third-order valence-electron chi connectivity index (χ3n) is 3.62. The molecule has 0 bridgehead atoms. The van der Waals surface area contributed by atoms with E-state index in [0.29, 0.717) is 12.5 Å². The van der Waals surface area contributed by atoms with Gasteiger partial charge in [-0.05, 0) is 18.1 Å². The van der Waals surface area contributed by atoms with Gasteiger partial charge in [0.25, 0.3) is 0 Å². The molecule has 0 radical (unpaired) electrons. The summed E-state index contributed by atoms with van der Waals surface area (Å²) in [6.45, 7) is 3.23. The van der Waals surface area contributed by atoms with E-state index in [0.717, 1.165) is 44.0 Å². The summed E-state index contributed by atoms with van der Waals surface area (Å²) in [4.78, 5) is 13.9. The summed E-state index contributed by atoms with van der Waals surface area (Å²) in [6.07, 6.45) is 1.49. The number of anilines is 1. The normalized spacial score (nSPS) is 23.2. The molecule has 96 valence electrons. The number of carbonyl (C=O) groups excluding carboxylic acids is 1. The second-order valence-corrected chi connectivity index (χ2v) is 4.87. The Balaban J connectivity index is 1.64. The molecule has 2 aliphatic rings. The summed E-state index contributed by atoms with van der Waals surface area (Å²) in [5.41, 5.74) is 2.23. The van der Waals surface area contributed by atoms with E-state index in [1.54, 1.807) is 0 Å². The zero-order chi connectivity index (χ0) is 12.4. The lowest BCUT2D eigenvalue weighted by molar-refractivity contribution is -0.117. The molecule has 2 heterocycles. The Kier molecular flexibility index (Phi) is 3.30. The number of benzene rings is 1. The van der Waals surface area contributed by atoms with Crippen LogP contribution < -0.4 is 10.2 Å². The summed E-state index contributed by atoms with van der Waals surface area (Å²) in [7, 11) is 0. The van der Waals surface area contributed by atoms with Crippen molar-refractivity contribution in [3.05, 3.63) is 29.8 Å². The van der Waals surface area contributed by atoms with Crippen LogP contribution in [0.5, 0.6) is 0 Å². The maximum atomic E-state index is 12.0. The summed E-state index contributed by atoms with van der Waals surface area (Å²) in [5, 5.41) is 3.42. The highest BCUT2D eigenvalue weighted by Crippen LogP contribution is 2.28. The quantitative estimate of drug-likeness (QED) is 0.863. The summed E-state index contributed by atoms with van der Waals surface area (Å²) < 4.78 is 5.43. The lowest BCUT2D eigenvalue weighted by Gasteiger charge is -2.26. The second-order valence-electron chi connectivity index (χ2n) is 4.87. The number of amides is 1. The summed E-state index contributed by atoms with van der Waals surface area (Å²) in [5.74, 6) is 0.216. The Labute approximate surface area is 107 Å². The third-order valence-corrected chi connectivity index (χ3v) is 3.62. The molecule has 1 N–H and O–H groups in total. The van der Waals surface area contributed by atoms with Gasteiger partial charge in [0.1, 0.15) is 0 Å². The molecular weight excluding hydrogens is 228 g/mol. The van der Waals surface area contributed by atoms with Crippen LogP contribution in [0, 0.1) is 0 Å². The molecular formula is C14H18N2O2. The van der Waals surface area contributed by atoms with Crippen molar-refractivity contribution in [3.63, 3.8) is 0 Å². The van der Waals surface area contributed by atoms with Gasteiger partial charge in [0.2, 0.25) is 5.91 Å². The van der Waals surface area contributed by atoms with Gasteiger partial charge in [0, 0.05) is 24.8 Å². The lowest BCUT2D eigenvalue weighted by atomic mass is 10.1. The molecule has 0 aromatic heterocycles. The van der Waals surface area contributed by atoms with Gasteiger partial charge in [0.15, 0.2) is 0 Å². The number of hydrogen-bond donors (Lipinski definition) is 1. The van der Waals surface area contributed by atoms with Crippen LogP contribution in [0.4, 0.5) is 5.69 Å². The van der Waals surface area contributed by atoms with Gasteiger partial charge in [-0.15, -0.1) is 0 Å². The minimum Gasteiger partial charge on any atom is -0.379 e. The number of fused-ring (bicyclic) bond motifs is 1. The Morgan fingerprint density at radius 2 is 2.28 bits per heavy atom. The number of morpholine rings is 1. The monoisotopic (exact) mass is 246 g/mol. The van der Waals surface area contributed by atoms with Crippen LogP contribution in [0.2, 0.25) is 0 Å². The predicted octanol–water partition coefficient (Wildman–Crippen LogP) is 0.954. The van der Waals surface area contributed by atoms with E-state index in [2.05, 4.69) is 5.32 Å². The van der Waals surface area contributed by atoms with Crippen molar-refractivity contribution < 1.29 is 9.53 Å². The first-order valence-electron chi connectivity index (χ1n) is 6.54. The number of carbonyl (C=O) groups is 1. The molecule has 1 saturated heterocycles. The molecule has 1 aromatic rings. The topological polar surface area (TPSA) is 41.6 Å². The van der Waals surface area contributed by atoms with E-state index < -0.39 is 0 Å². The second kappa shape index (κ2) is 5.08. The van der Waals surface area contributed by atoms with Gasteiger partial charge in [0.05, 0.1) is 19.6 Å². The third kappa shape index (κ3) is 2.26. The van der Waals surface area contributed by atoms with Crippen LogP contribution in [0.15, 0.2) is 24.3 Å². The van der Waals surface area contributed by atoms with Gasteiger partial charge in [-0.3, -0.25) is 4.79 Å². The Bertz CT molecular complexity index is 441. The zero-order valence-corrected chi connectivity index (χ0v) is 10.4. The van der Waals surface area contributed by atoms with Gasteiger partial charge in [-0.1, -0.05) is 18.2 Å². The van der Waals surface area contributed by atoms with Crippen molar-refractivity contribution >= 4 is 11.6 Å². The number of ether oxygens (including phenoxy) is 1. The highest BCUT2D eigenvalue weighted by Gasteiger charge is 2.27. The molecule has 1 fully saturated rings. The van der Waals surface area contributed by atoms with Crippen molar-refractivity contribution in [1.82, 2.24) is 5.32 Å². The van der Waals surface area contributed by atoms with Gasteiger partial charge < -0.3 is 15.0 Å². The Morgan fingerprint density at radius 3 is 3.11 bits per heavy atom. The van der Waals surface area contributed by atoms with Crippen LogP contribution in [0.1, 0.15) is 12.0 Å². The SMILES string of the molecule is O=C1Cc2ccccc2N1CCC1COCCN1. The molecule has 1 amide bonds. The maximum Gasteiger partial charge on any atom is 0.231 e.